The van der Waals surface area contributed by atoms with Crippen LogP contribution in [-0.2, 0) is 4.79 Å². The molecule has 108 valence electrons. The quantitative estimate of drug-likeness (QED) is 0.635. The second-order valence-corrected chi connectivity index (χ2v) is 4.22. The summed E-state index contributed by atoms with van der Waals surface area (Å²) >= 11 is 0. The maximum absolute atomic E-state index is 11.9. The lowest BCUT2D eigenvalue weighted by molar-refractivity contribution is -0.393. The molecule has 20 heavy (non-hydrogen) atoms. The van der Waals surface area contributed by atoms with Gasteiger partial charge in [0.1, 0.15) is 5.69 Å². The minimum Gasteiger partial charge on any atom is -0.320 e. The number of nitro benzene ring substituents is 2. The van der Waals surface area contributed by atoms with Crippen molar-refractivity contribution < 1.29 is 14.6 Å². The first kappa shape index (κ1) is 15.5. The molecule has 0 aliphatic rings. The van der Waals surface area contributed by atoms with E-state index in [9.17, 15) is 25.0 Å². The lowest BCUT2D eigenvalue weighted by Crippen LogP contribution is -2.22. The van der Waals surface area contributed by atoms with E-state index in [2.05, 4.69) is 5.32 Å². The van der Waals surface area contributed by atoms with Crippen molar-refractivity contribution in [3.8, 4) is 0 Å². The van der Waals surface area contributed by atoms with Gasteiger partial charge in [-0.1, -0.05) is 13.8 Å². The molecule has 0 aromatic heterocycles. The zero-order chi connectivity index (χ0) is 15.3. The summed E-state index contributed by atoms with van der Waals surface area (Å²) in [5, 5.41) is 24.0. The van der Waals surface area contributed by atoms with E-state index in [4.69, 9.17) is 0 Å². The van der Waals surface area contributed by atoms with E-state index in [0.29, 0.717) is 12.8 Å². The Kier molecular flexibility index (Phi) is 5.13. The Bertz CT molecular complexity index is 540. The maximum atomic E-state index is 11.9. The molecular formula is C12H15N3O5. The highest BCUT2D eigenvalue weighted by atomic mass is 16.6. The Labute approximate surface area is 115 Å². The van der Waals surface area contributed by atoms with Crippen molar-refractivity contribution in [2.45, 2.75) is 26.7 Å². The fourth-order valence-electron chi connectivity index (χ4n) is 1.78. The van der Waals surface area contributed by atoms with Gasteiger partial charge < -0.3 is 5.32 Å². The predicted molar refractivity (Wildman–Crippen MR) is 72.5 cm³/mol. The lowest BCUT2D eigenvalue weighted by atomic mass is 10.0. The van der Waals surface area contributed by atoms with Crippen LogP contribution in [0.3, 0.4) is 0 Å². The second-order valence-electron chi connectivity index (χ2n) is 4.22. The van der Waals surface area contributed by atoms with Crippen molar-refractivity contribution in [3.05, 3.63) is 38.4 Å². The first-order chi connectivity index (χ1) is 9.40. The van der Waals surface area contributed by atoms with Crippen molar-refractivity contribution in [3.63, 3.8) is 0 Å². The SMILES string of the molecule is CCC(CC)C(=O)Nc1ccc([N+](=O)[O-])cc1[N+](=O)[O-]. The lowest BCUT2D eigenvalue weighted by Gasteiger charge is -2.12. The van der Waals surface area contributed by atoms with Gasteiger partial charge in [0, 0.05) is 12.0 Å². The number of nitrogens with zero attached hydrogens (tertiary/aromatic N) is 2. The van der Waals surface area contributed by atoms with Gasteiger partial charge in [0.15, 0.2) is 0 Å². The van der Waals surface area contributed by atoms with E-state index in [1.165, 1.54) is 6.07 Å². The van der Waals surface area contributed by atoms with Crippen LogP contribution in [0.2, 0.25) is 0 Å². The van der Waals surface area contributed by atoms with Crippen molar-refractivity contribution in [2.24, 2.45) is 5.92 Å². The third kappa shape index (κ3) is 3.50. The Hall–Kier alpha value is -2.51. The summed E-state index contributed by atoms with van der Waals surface area (Å²) in [6, 6.07) is 3.13. The topological polar surface area (TPSA) is 115 Å². The molecule has 1 aromatic carbocycles. The van der Waals surface area contributed by atoms with Crippen LogP contribution in [0.4, 0.5) is 17.1 Å². The van der Waals surface area contributed by atoms with Crippen molar-refractivity contribution in [2.75, 3.05) is 5.32 Å². The molecule has 0 bridgehead atoms. The van der Waals surface area contributed by atoms with Gasteiger partial charge in [-0.3, -0.25) is 25.0 Å². The van der Waals surface area contributed by atoms with Gasteiger partial charge in [0.25, 0.3) is 11.4 Å². The van der Waals surface area contributed by atoms with Crippen LogP contribution in [-0.4, -0.2) is 15.8 Å². The Morgan fingerprint density at radius 1 is 1.20 bits per heavy atom. The van der Waals surface area contributed by atoms with Gasteiger partial charge in [-0.25, -0.2) is 0 Å². The zero-order valence-electron chi connectivity index (χ0n) is 11.2. The number of nitro groups is 2. The molecule has 0 aliphatic heterocycles. The molecule has 0 saturated carbocycles. The van der Waals surface area contributed by atoms with Gasteiger partial charge in [-0.05, 0) is 18.9 Å². The summed E-state index contributed by atoms with van der Waals surface area (Å²) in [5.41, 5.74) is -0.909. The monoisotopic (exact) mass is 281 g/mol. The highest BCUT2D eigenvalue weighted by molar-refractivity contribution is 5.94. The van der Waals surface area contributed by atoms with Crippen LogP contribution >= 0.6 is 0 Å². The number of anilines is 1. The van der Waals surface area contributed by atoms with E-state index in [1.54, 1.807) is 0 Å². The van der Waals surface area contributed by atoms with Gasteiger partial charge in [0.05, 0.1) is 15.9 Å². The van der Waals surface area contributed by atoms with Crippen molar-refractivity contribution in [1.82, 2.24) is 0 Å². The molecule has 8 heteroatoms. The number of benzene rings is 1. The molecule has 0 saturated heterocycles. The maximum Gasteiger partial charge on any atom is 0.299 e. The number of rotatable bonds is 6. The van der Waals surface area contributed by atoms with Crippen LogP contribution in [0.5, 0.6) is 0 Å². The second kappa shape index (κ2) is 6.60. The minimum atomic E-state index is -0.754. The number of non-ortho nitro benzene ring substituents is 1. The number of hydrogen-bond acceptors (Lipinski definition) is 5. The molecule has 1 N–H and O–H groups in total. The van der Waals surface area contributed by atoms with Crippen LogP contribution in [0.25, 0.3) is 0 Å². The van der Waals surface area contributed by atoms with E-state index in [1.807, 2.05) is 13.8 Å². The number of carbonyl (C=O) groups excluding carboxylic acids is 1. The molecular weight excluding hydrogens is 266 g/mol. The molecule has 0 heterocycles. The molecule has 0 atom stereocenters. The summed E-state index contributed by atoms with van der Waals surface area (Å²) < 4.78 is 0. The zero-order valence-corrected chi connectivity index (χ0v) is 11.2. The number of amides is 1. The molecule has 0 unspecified atom stereocenters. The highest BCUT2D eigenvalue weighted by Gasteiger charge is 2.22. The average molecular weight is 281 g/mol. The third-order valence-electron chi connectivity index (χ3n) is 3.00. The molecule has 0 spiro atoms. The predicted octanol–water partition coefficient (Wildman–Crippen LogP) is 2.88. The highest BCUT2D eigenvalue weighted by Crippen LogP contribution is 2.29. The van der Waals surface area contributed by atoms with Gasteiger partial charge in [-0.2, -0.15) is 0 Å². The minimum absolute atomic E-state index is 0.0301. The smallest absolute Gasteiger partial charge is 0.299 e. The largest absolute Gasteiger partial charge is 0.320 e. The summed E-state index contributed by atoms with van der Waals surface area (Å²) in [5.74, 6) is -0.572. The Morgan fingerprint density at radius 2 is 1.80 bits per heavy atom. The van der Waals surface area contributed by atoms with Crippen LogP contribution < -0.4 is 5.32 Å². The van der Waals surface area contributed by atoms with E-state index in [0.717, 1.165) is 12.1 Å². The van der Waals surface area contributed by atoms with Crippen LogP contribution in [0, 0.1) is 26.1 Å². The Morgan fingerprint density at radius 3 is 2.25 bits per heavy atom. The van der Waals surface area contributed by atoms with Crippen LogP contribution in [0.15, 0.2) is 18.2 Å². The summed E-state index contributed by atoms with van der Waals surface area (Å²) in [6.45, 7) is 3.69. The first-order valence-electron chi connectivity index (χ1n) is 6.14. The number of carbonyl (C=O) groups is 1. The molecule has 1 aromatic rings. The van der Waals surface area contributed by atoms with Gasteiger partial charge in [0.2, 0.25) is 5.91 Å². The summed E-state index contributed by atoms with van der Waals surface area (Å²) in [7, 11) is 0. The molecule has 0 fully saturated rings. The molecule has 1 rings (SSSR count). The van der Waals surface area contributed by atoms with Crippen molar-refractivity contribution >= 4 is 23.0 Å². The molecule has 8 nitrogen and oxygen atoms in total. The summed E-state index contributed by atoms with van der Waals surface area (Å²) in [6.07, 6.45) is 1.23. The van der Waals surface area contributed by atoms with E-state index < -0.39 is 21.2 Å². The molecule has 0 aliphatic carbocycles. The standard InChI is InChI=1S/C12H15N3O5/c1-3-8(4-2)12(16)13-10-6-5-9(14(17)18)7-11(10)15(19)20/h5-8H,3-4H2,1-2H3,(H,13,16). The first-order valence-corrected chi connectivity index (χ1v) is 6.14. The van der Waals surface area contributed by atoms with Crippen LogP contribution in [0.1, 0.15) is 26.7 Å². The summed E-state index contributed by atoms with van der Waals surface area (Å²) in [4.78, 5) is 31.9. The number of nitrogens with one attached hydrogen (secondary N) is 1. The van der Waals surface area contributed by atoms with Crippen molar-refractivity contribution in [1.29, 1.82) is 0 Å². The van der Waals surface area contributed by atoms with Gasteiger partial charge in [-0.15, -0.1) is 0 Å². The molecule has 1 amide bonds. The normalized spacial score (nSPS) is 10.3. The van der Waals surface area contributed by atoms with Gasteiger partial charge >= 0.3 is 0 Å². The third-order valence-corrected chi connectivity index (χ3v) is 3.00. The Balaban J connectivity index is 3.09. The van der Waals surface area contributed by atoms with E-state index in [-0.39, 0.29) is 17.5 Å². The molecule has 0 radical (unpaired) electrons. The van der Waals surface area contributed by atoms with E-state index >= 15 is 0 Å². The number of hydrogen-bond donors (Lipinski definition) is 1. The average Bonchev–Trinajstić information content (AvgIpc) is 2.39. The fraction of sp³-hybridized carbons (Fsp3) is 0.417. The fourth-order valence-corrected chi connectivity index (χ4v) is 1.78.